The van der Waals surface area contributed by atoms with E-state index in [2.05, 4.69) is 15.3 Å². The third-order valence-electron chi connectivity index (χ3n) is 4.19. The number of hydrogen-bond acceptors (Lipinski definition) is 4. The molecule has 0 bridgehead atoms. The Morgan fingerprint density at radius 1 is 1.20 bits per heavy atom. The minimum atomic E-state index is -4.56. The van der Waals surface area contributed by atoms with Crippen molar-refractivity contribution in [1.29, 1.82) is 5.26 Å². The molecule has 0 aliphatic rings. The number of nitrogens with zero attached hydrogens (tertiary/aromatic N) is 2. The van der Waals surface area contributed by atoms with Gasteiger partial charge in [-0.2, -0.15) is 18.4 Å². The monoisotopic (exact) mass is 416 g/mol. The summed E-state index contributed by atoms with van der Waals surface area (Å²) in [6, 6.07) is 7.71. The van der Waals surface area contributed by atoms with Crippen molar-refractivity contribution in [3.63, 3.8) is 0 Å². The van der Waals surface area contributed by atoms with Gasteiger partial charge in [0.1, 0.15) is 23.1 Å². The van der Waals surface area contributed by atoms with Crippen LogP contribution in [0.5, 0.6) is 0 Å². The maximum atomic E-state index is 14.3. The van der Waals surface area contributed by atoms with E-state index in [9.17, 15) is 27.2 Å². The largest absolute Gasteiger partial charge is 0.416 e. The molecule has 0 spiro atoms. The van der Waals surface area contributed by atoms with E-state index in [1.165, 1.54) is 12.3 Å². The van der Waals surface area contributed by atoms with E-state index in [4.69, 9.17) is 5.26 Å². The van der Waals surface area contributed by atoms with Crippen LogP contribution in [0.3, 0.4) is 0 Å². The third-order valence-corrected chi connectivity index (χ3v) is 4.19. The quantitative estimate of drug-likeness (QED) is 0.638. The highest BCUT2D eigenvalue weighted by molar-refractivity contribution is 5.94. The normalized spacial score (nSPS) is 12.1. The number of amides is 1. The van der Waals surface area contributed by atoms with Crippen molar-refractivity contribution >= 4 is 5.91 Å². The summed E-state index contributed by atoms with van der Waals surface area (Å²) < 4.78 is 52.9. The van der Waals surface area contributed by atoms with Crippen molar-refractivity contribution in [2.45, 2.75) is 12.2 Å². The maximum Gasteiger partial charge on any atom is 0.416 e. The maximum absolute atomic E-state index is 14.3. The predicted molar refractivity (Wildman–Crippen MR) is 96.7 cm³/mol. The zero-order valence-corrected chi connectivity index (χ0v) is 15.0. The second-order valence-electron chi connectivity index (χ2n) is 6.14. The Morgan fingerprint density at radius 2 is 1.90 bits per heavy atom. The van der Waals surface area contributed by atoms with E-state index in [1.54, 1.807) is 6.07 Å². The van der Waals surface area contributed by atoms with Gasteiger partial charge in [0, 0.05) is 12.4 Å². The number of aromatic nitrogens is 2. The van der Waals surface area contributed by atoms with Crippen molar-refractivity contribution in [3.8, 4) is 6.07 Å². The molecule has 3 aromatic rings. The Hall–Kier alpha value is -4.00. The van der Waals surface area contributed by atoms with Crippen LogP contribution in [0.2, 0.25) is 0 Å². The number of halogens is 4. The van der Waals surface area contributed by atoms with Gasteiger partial charge in [-0.3, -0.25) is 14.6 Å². The molecule has 1 atom stereocenters. The number of pyridine rings is 2. The number of aromatic amines is 1. The first kappa shape index (κ1) is 20.7. The van der Waals surface area contributed by atoms with Gasteiger partial charge in [-0.25, -0.2) is 4.39 Å². The van der Waals surface area contributed by atoms with E-state index in [0.717, 1.165) is 42.6 Å². The second-order valence-corrected chi connectivity index (χ2v) is 6.14. The topological polar surface area (TPSA) is 98.6 Å². The van der Waals surface area contributed by atoms with Gasteiger partial charge in [0.25, 0.3) is 11.5 Å². The number of benzene rings is 1. The molecule has 2 heterocycles. The first-order valence-corrected chi connectivity index (χ1v) is 8.42. The highest BCUT2D eigenvalue weighted by Crippen LogP contribution is 2.31. The Bertz CT molecular complexity index is 1180. The van der Waals surface area contributed by atoms with Crippen LogP contribution in [-0.4, -0.2) is 15.9 Å². The highest BCUT2D eigenvalue weighted by Gasteiger charge is 2.31. The molecular weight excluding hydrogens is 404 g/mol. The third kappa shape index (κ3) is 4.35. The lowest BCUT2D eigenvalue weighted by Gasteiger charge is -2.20. The number of nitriles is 1. The molecule has 0 aliphatic carbocycles. The first-order valence-electron chi connectivity index (χ1n) is 8.42. The number of H-pyrrole nitrogens is 1. The summed E-state index contributed by atoms with van der Waals surface area (Å²) in [6.07, 6.45) is -2.22. The van der Waals surface area contributed by atoms with Gasteiger partial charge in [0.05, 0.1) is 17.2 Å². The van der Waals surface area contributed by atoms with Crippen LogP contribution in [0.1, 0.15) is 38.8 Å². The highest BCUT2D eigenvalue weighted by atomic mass is 19.4. The zero-order chi connectivity index (χ0) is 21.9. The first-order chi connectivity index (χ1) is 14.2. The van der Waals surface area contributed by atoms with E-state index in [-0.39, 0.29) is 22.4 Å². The fourth-order valence-corrected chi connectivity index (χ4v) is 2.70. The molecule has 0 radical (unpaired) electrons. The van der Waals surface area contributed by atoms with Crippen LogP contribution in [0.15, 0.2) is 59.7 Å². The number of carbonyl (C=O) groups excluding carboxylic acids is 1. The molecular formula is C20H12F4N4O2. The van der Waals surface area contributed by atoms with Crippen LogP contribution in [-0.2, 0) is 6.18 Å². The van der Waals surface area contributed by atoms with E-state index < -0.39 is 35.1 Å². The standard InChI is InChI=1S/C20H12F4N4O2/c21-15-2-1-7-26-17(15)16(11-3-5-14(6-4-11)20(22,23)24)28-19(30)13-8-12(9-25)18(29)27-10-13/h1-8,10,16H,(H,27,29)(H,28,30)/t16-/m0/s1. The van der Waals surface area contributed by atoms with E-state index >= 15 is 0 Å². The molecule has 6 nitrogen and oxygen atoms in total. The second kappa shape index (κ2) is 8.16. The van der Waals surface area contributed by atoms with Crippen LogP contribution in [0.25, 0.3) is 0 Å². The van der Waals surface area contributed by atoms with Gasteiger partial charge in [0.15, 0.2) is 0 Å². The number of alkyl halides is 3. The van der Waals surface area contributed by atoms with Gasteiger partial charge in [0.2, 0.25) is 0 Å². The van der Waals surface area contributed by atoms with Gasteiger partial charge < -0.3 is 10.3 Å². The molecule has 0 aliphatic heterocycles. The Kier molecular flexibility index (Phi) is 5.64. The molecule has 2 aromatic heterocycles. The summed E-state index contributed by atoms with van der Waals surface area (Å²) in [7, 11) is 0. The minimum Gasteiger partial charge on any atom is -0.339 e. The van der Waals surface area contributed by atoms with Gasteiger partial charge in [-0.1, -0.05) is 12.1 Å². The summed E-state index contributed by atoms with van der Waals surface area (Å²) in [5.74, 6) is -1.57. The van der Waals surface area contributed by atoms with Crippen molar-refractivity contribution in [2.24, 2.45) is 0 Å². The SMILES string of the molecule is N#Cc1cc(C(=O)N[C@@H](c2ccc(C(F)(F)F)cc2)c2ncccc2F)c[nH]c1=O. The number of nitrogens with one attached hydrogen (secondary N) is 2. The minimum absolute atomic E-state index is 0.0978. The van der Waals surface area contributed by atoms with E-state index in [0.29, 0.717) is 0 Å². The Morgan fingerprint density at radius 3 is 2.50 bits per heavy atom. The van der Waals surface area contributed by atoms with Gasteiger partial charge in [-0.05, 0) is 35.9 Å². The summed E-state index contributed by atoms with van der Waals surface area (Å²) in [6.45, 7) is 0. The molecule has 0 saturated heterocycles. The van der Waals surface area contributed by atoms with Crippen molar-refractivity contribution < 1.29 is 22.4 Å². The predicted octanol–water partition coefficient (Wildman–Crippen LogP) is 3.32. The molecule has 2 N–H and O–H groups in total. The van der Waals surface area contributed by atoms with Crippen LogP contribution >= 0.6 is 0 Å². The molecule has 152 valence electrons. The number of hydrogen-bond donors (Lipinski definition) is 2. The lowest BCUT2D eigenvalue weighted by atomic mass is 10.00. The molecule has 0 fully saturated rings. The summed E-state index contributed by atoms with van der Waals surface area (Å²) in [5, 5.41) is 11.4. The number of rotatable bonds is 4. The van der Waals surface area contributed by atoms with Gasteiger partial charge >= 0.3 is 6.18 Å². The zero-order valence-electron chi connectivity index (χ0n) is 15.0. The van der Waals surface area contributed by atoms with E-state index in [1.807, 2.05) is 0 Å². The summed E-state index contributed by atoms with van der Waals surface area (Å²) in [5.41, 5.74) is -2.06. The number of carbonyl (C=O) groups is 1. The van der Waals surface area contributed by atoms with Crippen molar-refractivity contribution in [2.75, 3.05) is 0 Å². The Labute approximate surface area is 166 Å². The summed E-state index contributed by atoms with van der Waals surface area (Å²) >= 11 is 0. The lowest BCUT2D eigenvalue weighted by Crippen LogP contribution is -2.31. The molecule has 1 aromatic carbocycles. The smallest absolute Gasteiger partial charge is 0.339 e. The summed E-state index contributed by atoms with van der Waals surface area (Å²) in [4.78, 5) is 30.3. The molecule has 0 unspecified atom stereocenters. The Balaban J connectivity index is 2.01. The van der Waals surface area contributed by atoms with Crippen LogP contribution in [0, 0.1) is 17.1 Å². The molecule has 3 rings (SSSR count). The average molecular weight is 416 g/mol. The average Bonchev–Trinajstić information content (AvgIpc) is 2.72. The molecule has 30 heavy (non-hydrogen) atoms. The van der Waals surface area contributed by atoms with Crippen LogP contribution < -0.4 is 10.9 Å². The molecule has 1 amide bonds. The van der Waals surface area contributed by atoms with Crippen LogP contribution in [0.4, 0.5) is 17.6 Å². The lowest BCUT2D eigenvalue weighted by molar-refractivity contribution is -0.137. The van der Waals surface area contributed by atoms with Gasteiger partial charge in [-0.15, -0.1) is 0 Å². The van der Waals surface area contributed by atoms with Crippen molar-refractivity contribution in [3.05, 3.63) is 99.0 Å². The molecule has 0 saturated carbocycles. The van der Waals surface area contributed by atoms with Crippen molar-refractivity contribution in [1.82, 2.24) is 15.3 Å². The molecule has 10 heteroatoms. The fourth-order valence-electron chi connectivity index (χ4n) is 2.70. The fraction of sp³-hybridized carbons (Fsp3) is 0.100.